The van der Waals surface area contributed by atoms with Crippen LogP contribution in [0.25, 0.3) is 10.2 Å². The fourth-order valence-corrected chi connectivity index (χ4v) is 5.32. The largest absolute Gasteiger partial charge is 0.339 e. The molecule has 1 unspecified atom stereocenters. The van der Waals surface area contributed by atoms with Gasteiger partial charge in [-0.25, -0.2) is 0 Å². The van der Waals surface area contributed by atoms with Crippen LogP contribution in [0.1, 0.15) is 31.7 Å². The van der Waals surface area contributed by atoms with Gasteiger partial charge in [-0.2, -0.15) is 4.99 Å². The molecule has 1 aromatic carbocycles. The first-order chi connectivity index (χ1) is 13.5. The van der Waals surface area contributed by atoms with Crippen molar-refractivity contribution in [1.29, 1.82) is 0 Å². The minimum Gasteiger partial charge on any atom is -0.339 e. The van der Waals surface area contributed by atoms with Gasteiger partial charge in [0.2, 0.25) is 5.91 Å². The van der Waals surface area contributed by atoms with Crippen LogP contribution in [0.3, 0.4) is 0 Å². The van der Waals surface area contributed by atoms with Crippen LogP contribution in [0.2, 0.25) is 0 Å². The number of carbonyl (C=O) groups is 2. The summed E-state index contributed by atoms with van der Waals surface area (Å²) in [6.07, 6.45) is 5.14. The molecule has 0 spiro atoms. The van der Waals surface area contributed by atoms with Crippen molar-refractivity contribution in [1.82, 2.24) is 9.47 Å². The highest BCUT2D eigenvalue weighted by atomic mass is 32.2. The first kappa shape index (κ1) is 20.9. The van der Waals surface area contributed by atoms with Crippen LogP contribution in [-0.2, 0) is 16.1 Å². The normalized spacial score (nSPS) is 17.9. The molecule has 0 radical (unpaired) electrons. The summed E-state index contributed by atoms with van der Waals surface area (Å²) in [6.45, 7) is 9.40. The fraction of sp³-hybridized carbons (Fsp3) is 0.476. The van der Waals surface area contributed by atoms with Crippen molar-refractivity contribution >= 4 is 45.1 Å². The summed E-state index contributed by atoms with van der Waals surface area (Å²) < 4.78 is 3.12. The average Bonchev–Trinajstić information content (AvgIpc) is 2.98. The summed E-state index contributed by atoms with van der Waals surface area (Å²) >= 11 is 2.87. The highest BCUT2D eigenvalue weighted by molar-refractivity contribution is 8.00. The number of benzene rings is 1. The quantitative estimate of drug-likeness (QED) is 0.673. The van der Waals surface area contributed by atoms with Crippen molar-refractivity contribution in [3.63, 3.8) is 0 Å². The van der Waals surface area contributed by atoms with Gasteiger partial charge < -0.3 is 9.47 Å². The Balaban J connectivity index is 1.66. The van der Waals surface area contributed by atoms with Crippen molar-refractivity contribution in [2.75, 3.05) is 18.1 Å². The predicted octanol–water partition coefficient (Wildman–Crippen LogP) is 3.76. The molecule has 1 aromatic heterocycles. The Bertz CT molecular complexity index is 945. The number of aromatic nitrogens is 1. The Kier molecular flexibility index (Phi) is 7.13. The van der Waals surface area contributed by atoms with E-state index in [-0.39, 0.29) is 17.6 Å². The van der Waals surface area contributed by atoms with Crippen LogP contribution in [0.5, 0.6) is 0 Å². The summed E-state index contributed by atoms with van der Waals surface area (Å²) in [7, 11) is 0. The van der Waals surface area contributed by atoms with Crippen LogP contribution in [0, 0.1) is 6.92 Å². The molecule has 1 saturated heterocycles. The van der Waals surface area contributed by atoms with Gasteiger partial charge >= 0.3 is 0 Å². The summed E-state index contributed by atoms with van der Waals surface area (Å²) in [4.78, 5) is 31.7. The van der Waals surface area contributed by atoms with Crippen molar-refractivity contribution in [3.8, 4) is 0 Å². The molecule has 7 heteroatoms. The third-order valence-corrected chi connectivity index (χ3v) is 6.89. The molecule has 1 aliphatic heterocycles. The maximum absolute atomic E-state index is 12.4. The predicted molar refractivity (Wildman–Crippen MR) is 118 cm³/mol. The van der Waals surface area contributed by atoms with Crippen molar-refractivity contribution in [2.24, 2.45) is 4.99 Å². The Labute approximate surface area is 174 Å². The highest BCUT2D eigenvalue weighted by Gasteiger charge is 2.22. The Hall–Kier alpha value is -1.86. The van der Waals surface area contributed by atoms with E-state index < -0.39 is 0 Å². The molecule has 1 fully saturated rings. The highest BCUT2D eigenvalue weighted by Crippen LogP contribution is 2.20. The zero-order valence-electron chi connectivity index (χ0n) is 16.5. The third kappa shape index (κ3) is 4.94. The molecule has 2 aromatic rings. The van der Waals surface area contributed by atoms with Crippen molar-refractivity contribution in [2.45, 2.75) is 45.7 Å². The van der Waals surface area contributed by atoms with Gasteiger partial charge in [-0.15, -0.1) is 18.3 Å². The molecule has 1 atom stereocenters. The number of thiazole rings is 1. The van der Waals surface area contributed by atoms with E-state index in [0.29, 0.717) is 23.1 Å². The number of piperidine rings is 1. The second-order valence-corrected chi connectivity index (χ2v) is 9.18. The topological polar surface area (TPSA) is 54.7 Å². The maximum Gasteiger partial charge on any atom is 0.258 e. The molecule has 0 N–H and O–H groups in total. The lowest BCUT2D eigenvalue weighted by Gasteiger charge is -2.33. The molecule has 3 rings (SSSR count). The summed E-state index contributed by atoms with van der Waals surface area (Å²) in [5.74, 6) is 0.480. The SMILES string of the molecule is C=CCn1c(=NC(=O)CSCC(=O)N2CCCCC2C)sc2cc(C)ccc21. The first-order valence-electron chi connectivity index (χ1n) is 9.65. The van der Waals surface area contributed by atoms with Crippen LogP contribution >= 0.6 is 23.1 Å². The average molecular weight is 418 g/mol. The Morgan fingerprint density at radius 1 is 1.36 bits per heavy atom. The van der Waals surface area contributed by atoms with Crippen molar-refractivity contribution < 1.29 is 9.59 Å². The smallest absolute Gasteiger partial charge is 0.258 e. The number of aryl methyl sites for hydroxylation is 1. The van der Waals surface area contributed by atoms with Gasteiger partial charge in [0.15, 0.2) is 4.80 Å². The number of carbonyl (C=O) groups excluding carboxylic acids is 2. The van der Waals surface area contributed by atoms with E-state index in [2.05, 4.69) is 43.6 Å². The molecule has 2 heterocycles. The standard InChI is InChI=1S/C21H27N3O2S2/c1-4-10-24-17-9-8-15(2)12-18(17)28-21(24)22-19(25)13-27-14-20(26)23-11-6-5-7-16(23)3/h4,8-9,12,16H,1,5-7,10-11,13-14H2,2-3H3. The molecule has 0 saturated carbocycles. The van der Waals surface area contributed by atoms with Gasteiger partial charge in [0.1, 0.15) is 0 Å². The van der Waals surface area contributed by atoms with Crippen molar-refractivity contribution in [3.05, 3.63) is 41.2 Å². The number of nitrogens with zero attached hydrogens (tertiary/aromatic N) is 3. The molecule has 150 valence electrons. The van der Waals surface area contributed by atoms with E-state index in [0.717, 1.165) is 29.6 Å². The molecule has 5 nitrogen and oxygen atoms in total. The van der Waals surface area contributed by atoms with Gasteiger partial charge in [0.05, 0.1) is 21.7 Å². The van der Waals surface area contributed by atoms with E-state index in [1.807, 2.05) is 15.5 Å². The molecular formula is C21H27N3O2S2. The number of rotatable bonds is 6. The second kappa shape index (κ2) is 9.56. The Morgan fingerprint density at radius 3 is 2.93 bits per heavy atom. The molecule has 0 bridgehead atoms. The van der Waals surface area contributed by atoms with Crippen LogP contribution < -0.4 is 4.80 Å². The van der Waals surface area contributed by atoms with Gasteiger partial charge in [-0.05, 0) is 50.8 Å². The fourth-order valence-electron chi connectivity index (χ4n) is 3.49. The Morgan fingerprint density at radius 2 is 2.18 bits per heavy atom. The van der Waals surface area contributed by atoms with Gasteiger partial charge in [0.25, 0.3) is 5.91 Å². The molecular weight excluding hydrogens is 390 g/mol. The molecule has 1 aliphatic rings. The summed E-state index contributed by atoms with van der Waals surface area (Å²) in [5, 5.41) is 0. The summed E-state index contributed by atoms with van der Waals surface area (Å²) in [6, 6.07) is 6.53. The molecule has 0 aliphatic carbocycles. The van der Waals surface area contributed by atoms with E-state index in [4.69, 9.17) is 0 Å². The molecule has 2 amide bonds. The number of hydrogen-bond acceptors (Lipinski definition) is 4. The minimum atomic E-state index is -0.203. The van der Waals surface area contributed by atoms with E-state index in [1.54, 1.807) is 0 Å². The van der Waals surface area contributed by atoms with Crippen LogP contribution in [0.15, 0.2) is 35.8 Å². The summed E-state index contributed by atoms with van der Waals surface area (Å²) in [5.41, 5.74) is 2.24. The number of likely N-dealkylation sites (tertiary alicyclic amines) is 1. The third-order valence-electron chi connectivity index (χ3n) is 4.94. The lowest BCUT2D eigenvalue weighted by atomic mass is 10.0. The van der Waals surface area contributed by atoms with Gasteiger partial charge in [-0.1, -0.05) is 23.5 Å². The number of amides is 2. The second-order valence-electron chi connectivity index (χ2n) is 7.19. The van der Waals surface area contributed by atoms with Gasteiger partial charge in [0, 0.05) is 19.1 Å². The zero-order chi connectivity index (χ0) is 20.1. The number of hydrogen-bond donors (Lipinski definition) is 0. The lowest BCUT2D eigenvalue weighted by molar-refractivity contribution is -0.131. The zero-order valence-corrected chi connectivity index (χ0v) is 18.2. The van der Waals surface area contributed by atoms with E-state index in [9.17, 15) is 9.59 Å². The van der Waals surface area contributed by atoms with E-state index in [1.165, 1.54) is 35.1 Å². The van der Waals surface area contributed by atoms with Gasteiger partial charge in [-0.3, -0.25) is 9.59 Å². The minimum absolute atomic E-state index is 0.129. The first-order valence-corrected chi connectivity index (χ1v) is 11.6. The lowest BCUT2D eigenvalue weighted by Crippen LogP contribution is -2.43. The number of fused-ring (bicyclic) bond motifs is 1. The van der Waals surface area contributed by atoms with E-state index >= 15 is 0 Å². The number of allylic oxidation sites excluding steroid dienone is 1. The maximum atomic E-state index is 12.4. The monoisotopic (exact) mass is 417 g/mol. The van der Waals surface area contributed by atoms with Crippen LogP contribution in [-0.4, -0.2) is 45.4 Å². The molecule has 28 heavy (non-hydrogen) atoms. The number of thioether (sulfide) groups is 1. The van der Waals surface area contributed by atoms with Crippen LogP contribution in [0.4, 0.5) is 0 Å².